The molecule has 0 saturated carbocycles. The highest BCUT2D eigenvalue weighted by molar-refractivity contribution is 8.76. The smallest absolute Gasteiger partial charge is 0.305 e. The molecular weight excluding hydrogens is 246 g/mol. The van der Waals surface area contributed by atoms with Crippen molar-refractivity contribution < 1.29 is 14.6 Å². The van der Waals surface area contributed by atoms with E-state index in [0.29, 0.717) is 6.61 Å². The maximum Gasteiger partial charge on any atom is 0.305 e. The topological polar surface area (TPSA) is 59.4 Å². The van der Waals surface area contributed by atoms with E-state index in [-0.39, 0.29) is 13.0 Å². The number of aliphatic carboxylic acids is 1. The molecule has 4 nitrogen and oxygen atoms in total. The number of hydrogen-bond acceptors (Lipinski definition) is 5. The summed E-state index contributed by atoms with van der Waals surface area (Å²) in [6.07, 6.45) is 1.82. The minimum absolute atomic E-state index is 0.0675. The number of carboxylic acid groups (broad SMARTS) is 1. The molecule has 1 heterocycles. The van der Waals surface area contributed by atoms with Crippen LogP contribution in [0.15, 0.2) is 29.4 Å². The Balaban J connectivity index is 1.94. The maximum absolute atomic E-state index is 10.2. The molecule has 0 atom stereocenters. The summed E-state index contributed by atoms with van der Waals surface area (Å²) in [5.41, 5.74) is 0. The maximum atomic E-state index is 10.2. The monoisotopic (exact) mass is 259 g/mol. The zero-order valence-corrected chi connectivity index (χ0v) is 10.3. The van der Waals surface area contributed by atoms with Crippen molar-refractivity contribution >= 4 is 27.6 Å². The molecule has 88 valence electrons. The highest BCUT2D eigenvalue weighted by Crippen LogP contribution is 2.28. The van der Waals surface area contributed by atoms with Gasteiger partial charge < -0.3 is 9.84 Å². The molecule has 0 radical (unpaired) electrons. The first-order chi connectivity index (χ1) is 7.79. The van der Waals surface area contributed by atoms with Gasteiger partial charge in [-0.1, -0.05) is 16.9 Å². The van der Waals surface area contributed by atoms with E-state index >= 15 is 0 Å². The number of pyridine rings is 1. The van der Waals surface area contributed by atoms with Crippen molar-refractivity contribution in [3.05, 3.63) is 24.4 Å². The van der Waals surface area contributed by atoms with Crippen LogP contribution in [0.3, 0.4) is 0 Å². The summed E-state index contributed by atoms with van der Waals surface area (Å²) < 4.78 is 5.15. The van der Waals surface area contributed by atoms with Gasteiger partial charge in [-0.2, -0.15) is 0 Å². The molecular formula is C10H13NO3S2. The summed E-state index contributed by atoms with van der Waals surface area (Å²) in [5, 5.41) is 9.34. The van der Waals surface area contributed by atoms with Gasteiger partial charge in [0.2, 0.25) is 0 Å². The van der Waals surface area contributed by atoms with Gasteiger partial charge in [0, 0.05) is 11.9 Å². The summed E-state index contributed by atoms with van der Waals surface area (Å²) in [5.74, 6) is -0.00330. The highest BCUT2D eigenvalue weighted by Gasteiger charge is 1.97. The number of aromatic nitrogens is 1. The lowest BCUT2D eigenvalue weighted by Crippen LogP contribution is -2.04. The van der Waals surface area contributed by atoms with E-state index in [0.717, 1.165) is 10.8 Å². The molecule has 1 N–H and O–H groups in total. The zero-order chi connectivity index (χ0) is 11.6. The Kier molecular flexibility index (Phi) is 7.03. The molecule has 0 unspecified atom stereocenters. The fourth-order valence-corrected chi connectivity index (χ4v) is 2.59. The van der Waals surface area contributed by atoms with Crippen LogP contribution in [0, 0.1) is 0 Å². The third kappa shape index (κ3) is 6.71. The Bertz CT molecular complexity index is 308. The third-order valence-corrected chi connectivity index (χ3v) is 3.78. The summed E-state index contributed by atoms with van der Waals surface area (Å²) in [4.78, 5) is 14.3. The number of ether oxygens (including phenoxy) is 1. The van der Waals surface area contributed by atoms with Gasteiger partial charge in [-0.05, 0) is 22.9 Å². The number of hydrogen-bond donors (Lipinski definition) is 1. The minimum atomic E-state index is -0.824. The average molecular weight is 259 g/mol. The van der Waals surface area contributed by atoms with Crippen molar-refractivity contribution in [2.24, 2.45) is 0 Å². The number of nitrogens with zero attached hydrogens (tertiary/aromatic N) is 1. The predicted molar refractivity (Wildman–Crippen MR) is 65.6 cm³/mol. The zero-order valence-electron chi connectivity index (χ0n) is 8.67. The largest absolute Gasteiger partial charge is 0.481 e. The quantitative estimate of drug-likeness (QED) is 0.571. The Labute approximate surface area is 102 Å². The van der Waals surface area contributed by atoms with Crippen LogP contribution in [-0.2, 0) is 9.53 Å². The molecule has 1 aromatic heterocycles. The molecule has 1 aromatic rings. The first kappa shape index (κ1) is 13.3. The summed E-state index contributed by atoms with van der Waals surface area (Å²) >= 11 is 0. The van der Waals surface area contributed by atoms with Gasteiger partial charge in [0.25, 0.3) is 0 Å². The van der Waals surface area contributed by atoms with Crippen LogP contribution < -0.4 is 0 Å². The van der Waals surface area contributed by atoms with Crippen LogP contribution in [0.4, 0.5) is 0 Å². The molecule has 6 heteroatoms. The fraction of sp³-hybridized carbons (Fsp3) is 0.400. The lowest BCUT2D eigenvalue weighted by molar-refractivity contribution is -0.138. The molecule has 0 spiro atoms. The van der Waals surface area contributed by atoms with Crippen LogP contribution in [0.25, 0.3) is 0 Å². The second-order valence-electron chi connectivity index (χ2n) is 2.83. The van der Waals surface area contributed by atoms with E-state index in [1.165, 1.54) is 0 Å². The highest BCUT2D eigenvalue weighted by atomic mass is 33.1. The molecule has 0 aliphatic carbocycles. The average Bonchev–Trinajstić information content (AvgIpc) is 2.29. The second kappa shape index (κ2) is 8.43. The van der Waals surface area contributed by atoms with E-state index < -0.39 is 5.97 Å². The van der Waals surface area contributed by atoms with Crippen molar-refractivity contribution in [1.29, 1.82) is 0 Å². The van der Waals surface area contributed by atoms with Gasteiger partial charge in [0.1, 0.15) is 5.03 Å². The van der Waals surface area contributed by atoms with Crippen LogP contribution in [0.2, 0.25) is 0 Å². The standard InChI is InChI=1S/C10H13NO3S2/c12-10(13)4-6-14-7-8-15-16-9-3-1-2-5-11-9/h1-3,5H,4,6-8H2,(H,12,13). The van der Waals surface area contributed by atoms with Crippen molar-refractivity contribution in [2.75, 3.05) is 19.0 Å². The Morgan fingerprint density at radius 1 is 1.44 bits per heavy atom. The molecule has 0 bridgehead atoms. The Hall–Kier alpha value is -0.720. The van der Waals surface area contributed by atoms with E-state index in [4.69, 9.17) is 9.84 Å². The van der Waals surface area contributed by atoms with Crippen LogP contribution >= 0.6 is 21.6 Å². The lowest BCUT2D eigenvalue weighted by Gasteiger charge is -2.01. The number of rotatable bonds is 8. The van der Waals surface area contributed by atoms with Gasteiger partial charge in [0.15, 0.2) is 0 Å². The van der Waals surface area contributed by atoms with Crippen LogP contribution in [-0.4, -0.2) is 35.0 Å². The molecule has 0 saturated heterocycles. The summed E-state index contributed by atoms with van der Waals surface area (Å²) in [7, 11) is 3.24. The van der Waals surface area contributed by atoms with Gasteiger partial charge in [-0.3, -0.25) is 4.79 Å². The van der Waals surface area contributed by atoms with Crippen LogP contribution in [0.1, 0.15) is 6.42 Å². The molecule has 16 heavy (non-hydrogen) atoms. The first-order valence-electron chi connectivity index (χ1n) is 4.79. The minimum Gasteiger partial charge on any atom is -0.481 e. The summed E-state index contributed by atoms with van der Waals surface area (Å²) in [6.45, 7) is 0.849. The molecule has 0 aliphatic heterocycles. The molecule has 0 fully saturated rings. The SMILES string of the molecule is O=C(O)CCOCCSSc1ccccn1. The molecule has 1 rings (SSSR count). The summed E-state index contributed by atoms with van der Waals surface area (Å²) in [6, 6.07) is 5.77. The Morgan fingerprint density at radius 2 is 2.31 bits per heavy atom. The number of carboxylic acids is 1. The second-order valence-corrected chi connectivity index (χ2v) is 5.27. The van der Waals surface area contributed by atoms with E-state index in [9.17, 15) is 4.79 Å². The molecule has 0 aromatic carbocycles. The molecule has 0 aliphatic rings. The van der Waals surface area contributed by atoms with E-state index in [1.807, 2.05) is 18.2 Å². The van der Waals surface area contributed by atoms with Crippen molar-refractivity contribution in [2.45, 2.75) is 11.4 Å². The van der Waals surface area contributed by atoms with Gasteiger partial charge >= 0.3 is 5.97 Å². The predicted octanol–water partition coefficient (Wildman–Crippen LogP) is 2.31. The van der Waals surface area contributed by atoms with Crippen molar-refractivity contribution in [3.63, 3.8) is 0 Å². The van der Waals surface area contributed by atoms with Crippen molar-refractivity contribution in [3.8, 4) is 0 Å². The Morgan fingerprint density at radius 3 is 3.00 bits per heavy atom. The third-order valence-electron chi connectivity index (χ3n) is 1.55. The molecule has 0 amide bonds. The van der Waals surface area contributed by atoms with Crippen molar-refractivity contribution in [1.82, 2.24) is 4.98 Å². The number of carbonyl (C=O) groups is 1. The van der Waals surface area contributed by atoms with Gasteiger partial charge in [-0.25, -0.2) is 4.98 Å². The van der Waals surface area contributed by atoms with Gasteiger partial charge in [0.05, 0.1) is 19.6 Å². The van der Waals surface area contributed by atoms with Gasteiger partial charge in [-0.15, -0.1) is 0 Å². The fourth-order valence-electron chi connectivity index (χ4n) is 0.853. The first-order valence-corrected chi connectivity index (χ1v) is 7.11. The van der Waals surface area contributed by atoms with E-state index in [1.54, 1.807) is 27.8 Å². The van der Waals surface area contributed by atoms with Crippen LogP contribution in [0.5, 0.6) is 0 Å². The lowest BCUT2D eigenvalue weighted by atomic mass is 10.5. The normalized spacial score (nSPS) is 10.2. The van der Waals surface area contributed by atoms with E-state index in [2.05, 4.69) is 4.98 Å².